The number of nitrogens with zero attached hydrogens (tertiary/aromatic N) is 3. The van der Waals surface area contributed by atoms with Gasteiger partial charge in [0.2, 0.25) is 0 Å². The van der Waals surface area contributed by atoms with E-state index in [2.05, 4.69) is 58.3 Å². The summed E-state index contributed by atoms with van der Waals surface area (Å²) in [5.41, 5.74) is 6.25. The first-order valence-corrected chi connectivity index (χ1v) is 13.0. The van der Waals surface area contributed by atoms with Crippen LogP contribution in [0.25, 0.3) is 5.57 Å². The molecule has 3 aliphatic heterocycles. The Balaban J connectivity index is 1.38. The molecular formula is C30H29N3O4. The number of nitro benzene ring substituents is 1. The van der Waals surface area contributed by atoms with E-state index in [1.54, 1.807) is 6.07 Å². The van der Waals surface area contributed by atoms with Crippen molar-refractivity contribution in [1.29, 1.82) is 0 Å². The van der Waals surface area contributed by atoms with Crippen molar-refractivity contribution in [3.8, 4) is 0 Å². The van der Waals surface area contributed by atoms with E-state index in [9.17, 15) is 14.9 Å². The first-order valence-electron chi connectivity index (χ1n) is 13.0. The van der Waals surface area contributed by atoms with Crippen LogP contribution < -0.4 is 9.80 Å². The van der Waals surface area contributed by atoms with Crippen molar-refractivity contribution in [3.05, 3.63) is 105 Å². The maximum absolute atomic E-state index is 12.6. The third-order valence-corrected chi connectivity index (χ3v) is 7.63. The predicted molar refractivity (Wildman–Crippen MR) is 144 cm³/mol. The van der Waals surface area contributed by atoms with Gasteiger partial charge >= 0.3 is 5.97 Å². The minimum atomic E-state index is -0.616. The van der Waals surface area contributed by atoms with Crippen LogP contribution in [0.2, 0.25) is 0 Å². The summed E-state index contributed by atoms with van der Waals surface area (Å²) in [6.07, 6.45) is 6.24. The zero-order valence-electron chi connectivity index (χ0n) is 20.6. The maximum atomic E-state index is 12.6. The number of rotatable bonds is 6. The molecule has 7 heteroatoms. The van der Waals surface area contributed by atoms with Crippen molar-refractivity contribution >= 4 is 28.6 Å². The molecule has 3 aromatic carbocycles. The van der Waals surface area contributed by atoms with Crippen LogP contribution in [0.3, 0.4) is 0 Å². The average molecular weight is 496 g/mol. The predicted octanol–water partition coefficient (Wildman–Crippen LogP) is 6.14. The lowest BCUT2D eigenvalue weighted by Crippen LogP contribution is -2.17. The molecule has 0 saturated carbocycles. The summed E-state index contributed by atoms with van der Waals surface area (Å²) in [5, 5.41) is 11.2. The Kier molecular flexibility index (Phi) is 6.12. The lowest BCUT2D eigenvalue weighted by molar-refractivity contribution is -0.384. The highest BCUT2D eigenvalue weighted by Crippen LogP contribution is 2.38. The standard InChI is InChI=1S/C30H29N3O4/c34-30-28-19-25(33(35)36)13-14-26(28)29(37-30)20-27(21-5-9-23(10-6-21)31-15-1-2-16-31)22-7-11-24(12-8-22)32-17-3-4-18-32/h5-14,19-20,29H,1-4,15-18H2. The maximum Gasteiger partial charge on any atom is 0.339 e. The fraction of sp³-hybridized carbons (Fsp3) is 0.300. The number of benzene rings is 3. The fourth-order valence-corrected chi connectivity index (χ4v) is 5.61. The smallest absolute Gasteiger partial charge is 0.339 e. The van der Waals surface area contributed by atoms with Crippen LogP contribution in [-0.2, 0) is 4.74 Å². The Labute approximate surface area is 216 Å². The van der Waals surface area contributed by atoms with Gasteiger partial charge in [0, 0.05) is 55.2 Å². The van der Waals surface area contributed by atoms with Crippen LogP contribution in [0.5, 0.6) is 0 Å². The first-order chi connectivity index (χ1) is 18.1. The highest BCUT2D eigenvalue weighted by molar-refractivity contribution is 5.95. The Bertz CT molecular complexity index is 1290. The van der Waals surface area contributed by atoms with E-state index < -0.39 is 17.0 Å². The van der Waals surface area contributed by atoms with Gasteiger partial charge in [-0.15, -0.1) is 0 Å². The topological polar surface area (TPSA) is 75.9 Å². The van der Waals surface area contributed by atoms with E-state index in [-0.39, 0.29) is 11.3 Å². The molecule has 0 N–H and O–H groups in total. The van der Waals surface area contributed by atoms with E-state index in [0.29, 0.717) is 5.56 Å². The second-order valence-corrected chi connectivity index (χ2v) is 9.92. The van der Waals surface area contributed by atoms with Gasteiger partial charge < -0.3 is 14.5 Å². The summed E-state index contributed by atoms with van der Waals surface area (Å²) in [4.78, 5) is 28.1. The number of fused-ring (bicyclic) bond motifs is 1. The number of ether oxygens (including phenoxy) is 1. The largest absolute Gasteiger partial charge is 0.450 e. The molecule has 1 unspecified atom stereocenters. The van der Waals surface area contributed by atoms with Crippen molar-refractivity contribution in [3.63, 3.8) is 0 Å². The van der Waals surface area contributed by atoms with Crippen molar-refractivity contribution in [1.82, 2.24) is 0 Å². The average Bonchev–Trinajstić information content (AvgIpc) is 3.70. The number of nitro groups is 1. The number of esters is 1. The van der Waals surface area contributed by atoms with Gasteiger partial charge in [-0.3, -0.25) is 10.1 Å². The van der Waals surface area contributed by atoms with Gasteiger partial charge in [0.05, 0.1) is 10.5 Å². The summed E-state index contributed by atoms with van der Waals surface area (Å²) in [7, 11) is 0. The van der Waals surface area contributed by atoms with E-state index in [4.69, 9.17) is 4.74 Å². The van der Waals surface area contributed by atoms with Crippen LogP contribution >= 0.6 is 0 Å². The molecular weight excluding hydrogens is 466 g/mol. The molecule has 2 saturated heterocycles. The van der Waals surface area contributed by atoms with Crippen LogP contribution in [0.1, 0.15) is 58.8 Å². The third-order valence-electron chi connectivity index (χ3n) is 7.63. The first kappa shape index (κ1) is 23.3. The number of hydrogen-bond donors (Lipinski definition) is 0. The molecule has 37 heavy (non-hydrogen) atoms. The van der Waals surface area contributed by atoms with E-state index in [1.807, 2.05) is 6.08 Å². The third kappa shape index (κ3) is 4.57. The van der Waals surface area contributed by atoms with E-state index in [0.717, 1.165) is 42.9 Å². The minimum absolute atomic E-state index is 0.115. The van der Waals surface area contributed by atoms with Gasteiger partial charge in [-0.1, -0.05) is 24.3 Å². The lowest BCUT2D eigenvalue weighted by Gasteiger charge is -2.20. The molecule has 0 aliphatic carbocycles. The van der Waals surface area contributed by atoms with Crippen LogP contribution in [0, 0.1) is 10.1 Å². The quantitative estimate of drug-likeness (QED) is 0.232. The van der Waals surface area contributed by atoms with Gasteiger partial charge in [0.25, 0.3) is 5.69 Å². The molecule has 6 rings (SSSR count). The Hall–Kier alpha value is -4.13. The number of carbonyl (C=O) groups is 1. The van der Waals surface area contributed by atoms with Crippen LogP contribution in [0.4, 0.5) is 17.1 Å². The molecule has 188 valence electrons. The van der Waals surface area contributed by atoms with Gasteiger partial charge in [-0.25, -0.2) is 4.79 Å². The molecule has 3 aliphatic rings. The molecule has 3 heterocycles. The summed E-state index contributed by atoms with van der Waals surface area (Å²) >= 11 is 0. The van der Waals surface area contributed by atoms with Gasteiger partial charge in [-0.2, -0.15) is 0 Å². The Morgan fingerprint density at radius 1 is 0.811 bits per heavy atom. The minimum Gasteiger partial charge on any atom is -0.450 e. The number of non-ortho nitro benzene ring substituents is 1. The Morgan fingerprint density at radius 3 is 1.81 bits per heavy atom. The van der Waals surface area contributed by atoms with Crippen molar-refractivity contribution in [2.24, 2.45) is 0 Å². The Morgan fingerprint density at radius 2 is 1.32 bits per heavy atom. The number of cyclic esters (lactones) is 1. The van der Waals surface area contributed by atoms with Crippen molar-refractivity contribution in [2.45, 2.75) is 31.8 Å². The molecule has 0 spiro atoms. The molecule has 3 aromatic rings. The molecule has 0 amide bonds. The number of anilines is 2. The van der Waals surface area contributed by atoms with Gasteiger partial charge in [0.15, 0.2) is 0 Å². The summed E-state index contributed by atoms with van der Waals surface area (Å²) in [6.45, 7) is 4.34. The van der Waals surface area contributed by atoms with E-state index >= 15 is 0 Å². The van der Waals surface area contributed by atoms with E-state index in [1.165, 1.54) is 49.2 Å². The van der Waals surface area contributed by atoms with Crippen molar-refractivity contribution in [2.75, 3.05) is 36.0 Å². The molecule has 7 nitrogen and oxygen atoms in total. The van der Waals surface area contributed by atoms with Gasteiger partial charge in [-0.05, 0) is 78.8 Å². The number of hydrogen-bond acceptors (Lipinski definition) is 6. The van der Waals surface area contributed by atoms with Crippen LogP contribution in [-0.4, -0.2) is 37.1 Å². The molecule has 2 fully saturated rings. The summed E-state index contributed by atoms with van der Waals surface area (Å²) < 4.78 is 5.70. The second kappa shape index (κ2) is 9.73. The fourth-order valence-electron chi connectivity index (χ4n) is 5.61. The zero-order valence-corrected chi connectivity index (χ0v) is 20.6. The highest BCUT2D eigenvalue weighted by Gasteiger charge is 2.32. The van der Waals surface area contributed by atoms with Crippen molar-refractivity contribution < 1.29 is 14.5 Å². The molecule has 0 bridgehead atoms. The highest BCUT2D eigenvalue weighted by atomic mass is 16.6. The molecule has 0 aromatic heterocycles. The lowest BCUT2D eigenvalue weighted by atomic mass is 9.93. The second-order valence-electron chi connectivity index (χ2n) is 9.92. The van der Waals surface area contributed by atoms with Gasteiger partial charge in [0.1, 0.15) is 6.10 Å². The summed E-state index contributed by atoms with van der Waals surface area (Å²) in [5.74, 6) is -0.534. The molecule has 0 radical (unpaired) electrons. The van der Waals surface area contributed by atoms with Crippen LogP contribution in [0.15, 0.2) is 72.8 Å². The monoisotopic (exact) mass is 495 g/mol. The zero-order chi connectivity index (χ0) is 25.4. The normalized spacial score (nSPS) is 18.6. The molecule has 1 atom stereocenters. The SMILES string of the molecule is O=C1OC(C=C(c2ccc(N3CCCC3)cc2)c2ccc(N3CCCC3)cc2)c2ccc([N+](=O)[O-])cc21. The summed E-state index contributed by atoms with van der Waals surface area (Å²) in [6, 6.07) is 21.5. The number of carbonyl (C=O) groups excluding carboxylic acids is 1.